The molecule has 4 rings (SSSR count). The highest BCUT2D eigenvalue weighted by molar-refractivity contribution is 7.89. The molecule has 1 unspecified atom stereocenters. The molecule has 158 valence electrons. The predicted molar refractivity (Wildman–Crippen MR) is 107 cm³/mol. The van der Waals surface area contributed by atoms with Crippen molar-refractivity contribution in [1.82, 2.24) is 9.21 Å². The smallest absolute Gasteiger partial charge is 0.265 e. The van der Waals surface area contributed by atoms with Crippen LogP contribution in [-0.2, 0) is 19.6 Å². The van der Waals surface area contributed by atoms with Crippen molar-refractivity contribution in [1.29, 1.82) is 0 Å². The maximum Gasteiger partial charge on any atom is 0.265 e. The zero-order chi connectivity index (χ0) is 20.6. The summed E-state index contributed by atoms with van der Waals surface area (Å²) in [6.07, 6.45) is 4.06. The van der Waals surface area contributed by atoms with E-state index in [0.717, 1.165) is 25.7 Å². The highest BCUT2D eigenvalue weighted by Gasteiger charge is 2.34. The minimum absolute atomic E-state index is 0.106. The summed E-state index contributed by atoms with van der Waals surface area (Å²) in [5, 5.41) is 2.73. The van der Waals surface area contributed by atoms with E-state index in [1.807, 2.05) is 6.92 Å². The molecule has 1 aromatic rings. The summed E-state index contributed by atoms with van der Waals surface area (Å²) in [5.74, 6) is 0.476. The lowest BCUT2D eigenvalue weighted by Gasteiger charge is -2.35. The Morgan fingerprint density at radius 1 is 1.17 bits per heavy atom. The van der Waals surface area contributed by atoms with Gasteiger partial charge in [0.1, 0.15) is 5.75 Å². The predicted octanol–water partition coefficient (Wildman–Crippen LogP) is 1.82. The van der Waals surface area contributed by atoms with E-state index in [1.165, 1.54) is 16.4 Å². The number of fused-ring (bicyclic) bond motifs is 1. The first-order chi connectivity index (χ1) is 13.9. The molecule has 3 aliphatic rings. The molecule has 0 bridgehead atoms. The minimum atomic E-state index is -3.71. The summed E-state index contributed by atoms with van der Waals surface area (Å²) in [7, 11) is -3.71. The maximum atomic E-state index is 13.1. The van der Waals surface area contributed by atoms with Crippen LogP contribution in [0.25, 0.3) is 0 Å². The molecule has 2 aliphatic heterocycles. The first-order valence-electron chi connectivity index (χ1n) is 10.3. The Kier molecular flexibility index (Phi) is 5.52. The van der Waals surface area contributed by atoms with Crippen LogP contribution in [0.4, 0.5) is 5.69 Å². The fraction of sp³-hybridized carbons (Fsp3) is 0.600. The summed E-state index contributed by atoms with van der Waals surface area (Å²) in [6, 6.07) is 4.54. The number of hydrogen-bond donors (Lipinski definition) is 1. The van der Waals surface area contributed by atoms with Crippen molar-refractivity contribution in [3.8, 4) is 5.75 Å². The fourth-order valence-electron chi connectivity index (χ4n) is 4.29. The normalized spacial score (nSPS) is 23.4. The van der Waals surface area contributed by atoms with Crippen molar-refractivity contribution in [2.24, 2.45) is 5.92 Å². The molecule has 9 heteroatoms. The van der Waals surface area contributed by atoms with Gasteiger partial charge in [-0.25, -0.2) is 8.42 Å². The molecule has 0 radical (unpaired) electrons. The van der Waals surface area contributed by atoms with E-state index in [0.29, 0.717) is 30.9 Å². The first kappa shape index (κ1) is 20.2. The van der Waals surface area contributed by atoms with Crippen LogP contribution in [0.15, 0.2) is 23.1 Å². The molecule has 0 spiro atoms. The van der Waals surface area contributed by atoms with Gasteiger partial charge in [-0.2, -0.15) is 4.31 Å². The van der Waals surface area contributed by atoms with Crippen molar-refractivity contribution in [2.45, 2.75) is 50.0 Å². The average molecular weight is 422 g/mol. The van der Waals surface area contributed by atoms with E-state index in [4.69, 9.17) is 4.74 Å². The van der Waals surface area contributed by atoms with Crippen molar-refractivity contribution in [3.63, 3.8) is 0 Å². The van der Waals surface area contributed by atoms with E-state index >= 15 is 0 Å². The van der Waals surface area contributed by atoms with Crippen LogP contribution >= 0.6 is 0 Å². The highest BCUT2D eigenvalue weighted by Crippen LogP contribution is 2.34. The Morgan fingerprint density at radius 2 is 1.86 bits per heavy atom. The molecule has 2 amide bonds. The fourth-order valence-corrected chi connectivity index (χ4v) is 5.74. The van der Waals surface area contributed by atoms with E-state index in [2.05, 4.69) is 5.32 Å². The summed E-state index contributed by atoms with van der Waals surface area (Å²) in [5.41, 5.74) is 0.371. The third kappa shape index (κ3) is 3.85. The van der Waals surface area contributed by atoms with Crippen LogP contribution in [0.3, 0.4) is 0 Å². The van der Waals surface area contributed by atoms with E-state index in [9.17, 15) is 18.0 Å². The van der Waals surface area contributed by atoms with Crippen LogP contribution in [-0.4, -0.2) is 61.7 Å². The van der Waals surface area contributed by atoms with Gasteiger partial charge in [0.15, 0.2) is 6.10 Å². The molecule has 2 heterocycles. The van der Waals surface area contributed by atoms with Gasteiger partial charge in [-0.1, -0.05) is 19.8 Å². The lowest BCUT2D eigenvalue weighted by Crippen LogP contribution is -2.51. The van der Waals surface area contributed by atoms with Crippen LogP contribution in [0, 0.1) is 5.92 Å². The Bertz CT molecular complexity index is 903. The van der Waals surface area contributed by atoms with Crippen molar-refractivity contribution in [2.75, 3.05) is 31.5 Å². The Hall–Kier alpha value is -2.13. The number of ether oxygens (including phenoxy) is 1. The van der Waals surface area contributed by atoms with Crippen molar-refractivity contribution >= 4 is 27.5 Å². The number of carbonyl (C=O) groups is 2. The Morgan fingerprint density at radius 3 is 2.52 bits per heavy atom. The zero-order valence-electron chi connectivity index (χ0n) is 16.6. The third-order valence-corrected chi connectivity index (χ3v) is 7.93. The topological polar surface area (TPSA) is 96.0 Å². The number of hydrogen-bond acceptors (Lipinski definition) is 5. The number of nitrogens with zero attached hydrogens (tertiary/aromatic N) is 2. The largest absolute Gasteiger partial charge is 0.478 e. The molecule has 1 N–H and O–H groups in total. The number of benzene rings is 1. The SMILES string of the molecule is CCC1Oc2ccc(S(=O)(=O)N3CCN(C(=O)C4CCCC4)CC3)cc2NC1=O. The van der Waals surface area contributed by atoms with E-state index in [1.54, 1.807) is 11.0 Å². The first-order valence-corrected chi connectivity index (χ1v) is 11.7. The van der Waals surface area contributed by atoms with E-state index in [-0.39, 0.29) is 35.7 Å². The van der Waals surface area contributed by atoms with Gasteiger partial charge < -0.3 is 15.0 Å². The van der Waals surface area contributed by atoms with Gasteiger partial charge in [-0.05, 0) is 37.5 Å². The number of amides is 2. The van der Waals surface area contributed by atoms with Crippen molar-refractivity contribution < 1.29 is 22.7 Å². The molecule has 1 aromatic carbocycles. The molecule has 1 atom stereocenters. The molecular weight excluding hydrogens is 394 g/mol. The number of anilines is 1. The lowest BCUT2D eigenvalue weighted by molar-refractivity contribution is -0.136. The van der Waals surface area contributed by atoms with Crippen LogP contribution in [0.2, 0.25) is 0 Å². The quantitative estimate of drug-likeness (QED) is 0.800. The number of rotatable bonds is 4. The van der Waals surface area contributed by atoms with Gasteiger partial charge >= 0.3 is 0 Å². The van der Waals surface area contributed by atoms with Crippen LogP contribution in [0.1, 0.15) is 39.0 Å². The molecule has 1 saturated heterocycles. The third-order valence-electron chi connectivity index (χ3n) is 6.03. The second-order valence-electron chi connectivity index (χ2n) is 7.87. The van der Waals surface area contributed by atoms with Crippen molar-refractivity contribution in [3.05, 3.63) is 18.2 Å². The Labute approximate surface area is 171 Å². The maximum absolute atomic E-state index is 13.1. The monoisotopic (exact) mass is 421 g/mol. The summed E-state index contributed by atoms with van der Waals surface area (Å²) in [6.45, 7) is 3.23. The molecule has 0 aromatic heterocycles. The molecule has 29 heavy (non-hydrogen) atoms. The lowest BCUT2D eigenvalue weighted by atomic mass is 10.1. The zero-order valence-corrected chi connectivity index (χ0v) is 17.4. The van der Waals surface area contributed by atoms with Gasteiger partial charge in [0.2, 0.25) is 15.9 Å². The van der Waals surface area contributed by atoms with Gasteiger partial charge in [0.25, 0.3) is 5.91 Å². The Balaban J connectivity index is 1.45. The second kappa shape index (κ2) is 7.95. The van der Waals surface area contributed by atoms with Crippen LogP contribution in [0.5, 0.6) is 5.75 Å². The molecule has 2 fully saturated rings. The molecular formula is C20H27N3O5S. The van der Waals surface area contributed by atoms with Gasteiger partial charge in [-0.15, -0.1) is 0 Å². The van der Waals surface area contributed by atoms with Gasteiger partial charge in [0, 0.05) is 32.1 Å². The summed E-state index contributed by atoms with van der Waals surface area (Å²) >= 11 is 0. The number of nitrogens with one attached hydrogen (secondary N) is 1. The second-order valence-corrected chi connectivity index (χ2v) is 9.81. The summed E-state index contributed by atoms with van der Waals surface area (Å²) < 4.78 is 33.2. The molecule has 1 aliphatic carbocycles. The summed E-state index contributed by atoms with van der Waals surface area (Å²) in [4.78, 5) is 26.5. The van der Waals surface area contributed by atoms with Crippen LogP contribution < -0.4 is 10.1 Å². The number of carbonyl (C=O) groups excluding carboxylic acids is 2. The minimum Gasteiger partial charge on any atom is -0.478 e. The van der Waals surface area contributed by atoms with E-state index < -0.39 is 16.1 Å². The molecule has 8 nitrogen and oxygen atoms in total. The number of sulfonamides is 1. The average Bonchev–Trinajstić information content (AvgIpc) is 3.27. The number of piperazine rings is 1. The standard InChI is InChI=1S/C20H27N3O5S/c1-2-17-19(24)21-16-13-15(7-8-18(16)28-17)29(26,27)23-11-9-22(10-12-23)20(25)14-5-3-4-6-14/h7-8,13-14,17H,2-6,9-12H2,1H3,(H,21,24). The highest BCUT2D eigenvalue weighted by atomic mass is 32.2. The molecule has 1 saturated carbocycles. The van der Waals surface area contributed by atoms with Gasteiger partial charge in [0.05, 0.1) is 10.6 Å². The van der Waals surface area contributed by atoms with Gasteiger partial charge in [-0.3, -0.25) is 9.59 Å².